The molecule has 0 radical (unpaired) electrons. The fraction of sp³-hybridized carbons (Fsp3) is 0.667. The molecule has 2 aliphatic carbocycles. The molecule has 0 aromatic heterocycles. The summed E-state index contributed by atoms with van der Waals surface area (Å²) in [5.74, 6) is 3.44. The van der Waals surface area contributed by atoms with Gasteiger partial charge in [-0.3, -0.25) is 4.79 Å². The minimum absolute atomic E-state index is 0.0566. The Morgan fingerprint density at radius 1 is 1.39 bits per heavy atom. The van der Waals surface area contributed by atoms with Crippen molar-refractivity contribution in [3.63, 3.8) is 0 Å². The van der Waals surface area contributed by atoms with Crippen molar-refractivity contribution >= 4 is 5.78 Å². The monoisotopic (exact) mass is 248 g/mol. The molecule has 5 atom stereocenters. The van der Waals surface area contributed by atoms with Crippen molar-refractivity contribution in [2.24, 2.45) is 29.6 Å². The zero-order valence-electron chi connectivity index (χ0n) is 11.1. The first-order chi connectivity index (χ1) is 8.65. The molecule has 0 spiro atoms. The van der Waals surface area contributed by atoms with Gasteiger partial charge in [-0.25, -0.2) is 0 Å². The number of hydrogen-bond donors (Lipinski definition) is 0. The quantitative estimate of drug-likeness (QED) is 0.433. The van der Waals surface area contributed by atoms with Crippen molar-refractivity contribution in [1.29, 1.82) is 0 Å². The van der Waals surface area contributed by atoms with Crippen LogP contribution in [0.15, 0.2) is 12.2 Å². The van der Waals surface area contributed by atoms with E-state index in [1.165, 1.54) is 0 Å². The number of fused-ring (bicyclic) bond motifs is 1. The maximum Gasteiger partial charge on any atom is 0.166 e. The highest BCUT2D eigenvalue weighted by atomic mass is 16.7. The predicted molar refractivity (Wildman–Crippen MR) is 68.5 cm³/mol. The molecule has 98 valence electrons. The molecule has 0 N–H and O–H groups in total. The van der Waals surface area contributed by atoms with Gasteiger partial charge in [0.25, 0.3) is 0 Å². The number of rotatable bonds is 4. The molecule has 0 aromatic rings. The van der Waals surface area contributed by atoms with Crippen LogP contribution >= 0.6 is 0 Å². The van der Waals surface area contributed by atoms with Crippen LogP contribution in [0.2, 0.25) is 0 Å². The first-order valence-electron chi connectivity index (χ1n) is 6.36. The normalized spacial score (nSPS) is 38.2. The highest BCUT2D eigenvalue weighted by molar-refractivity contribution is 5.88. The number of allylic oxidation sites excluding steroid dienone is 2. The highest BCUT2D eigenvalue weighted by Gasteiger charge is 2.54. The molecular weight excluding hydrogens is 228 g/mol. The largest absolute Gasteiger partial charge is 0.355 e. The Hall–Kier alpha value is -1.11. The molecule has 1 saturated carbocycles. The summed E-state index contributed by atoms with van der Waals surface area (Å²) in [6.07, 6.45) is 9.84. The average molecular weight is 248 g/mol. The molecule has 0 heterocycles. The van der Waals surface area contributed by atoms with E-state index in [2.05, 4.69) is 25.0 Å². The summed E-state index contributed by atoms with van der Waals surface area (Å²) < 4.78 is 10.6. The fourth-order valence-corrected chi connectivity index (χ4v) is 3.55. The van der Waals surface area contributed by atoms with Crippen molar-refractivity contribution in [2.45, 2.75) is 19.6 Å². The van der Waals surface area contributed by atoms with E-state index in [0.29, 0.717) is 12.3 Å². The van der Waals surface area contributed by atoms with E-state index < -0.39 is 6.29 Å². The Balaban J connectivity index is 2.30. The molecule has 2 rings (SSSR count). The Morgan fingerprint density at radius 2 is 2.06 bits per heavy atom. The second-order valence-electron chi connectivity index (χ2n) is 5.19. The molecule has 0 amide bonds. The minimum atomic E-state index is -0.484. The van der Waals surface area contributed by atoms with Crippen LogP contribution in [-0.2, 0) is 14.3 Å². The van der Waals surface area contributed by atoms with Crippen LogP contribution in [0, 0.1) is 41.9 Å². The van der Waals surface area contributed by atoms with E-state index in [1.807, 2.05) is 0 Å². The van der Waals surface area contributed by atoms with Crippen molar-refractivity contribution in [2.75, 3.05) is 14.2 Å². The summed E-state index contributed by atoms with van der Waals surface area (Å²) >= 11 is 0. The lowest BCUT2D eigenvalue weighted by molar-refractivity contribution is -0.160. The molecule has 0 bridgehead atoms. The third-order valence-corrected chi connectivity index (χ3v) is 4.34. The summed E-state index contributed by atoms with van der Waals surface area (Å²) in [7, 11) is 3.14. The summed E-state index contributed by atoms with van der Waals surface area (Å²) in [6.45, 7) is 2.09. The molecule has 0 aliphatic heterocycles. The van der Waals surface area contributed by atoms with Gasteiger partial charge in [-0.2, -0.15) is 0 Å². The van der Waals surface area contributed by atoms with Crippen LogP contribution in [0.3, 0.4) is 0 Å². The topological polar surface area (TPSA) is 35.5 Å². The number of ketones is 1. The smallest absolute Gasteiger partial charge is 0.166 e. The van der Waals surface area contributed by atoms with Crippen molar-refractivity contribution < 1.29 is 14.3 Å². The first-order valence-corrected chi connectivity index (χ1v) is 6.36. The van der Waals surface area contributed by atoms with E-state index in [4.69, 9.17) is 15.9 Å². The van der Waals surface area contributed by atoms with Crippen LogP contribution in [0.1, 0.15) is 13.3 Å². The number of hydrogen-bond acceptors (Lipinski definition) is 3. The Bertz CT molecular complexity index is 389. The molecule has 0 unspecified atom stereocenters. The Morgan fingerprint density at radius 3 is 2.61 bits per heavy atom. The number of carbonyl (C=O) groups excluding carboxylic acids is 1. The van der Waals surface area contributed by atoms with Crippen LogP contribution in [-0.4, -0.2) is 26.3 Å². The second-order valence-corrected chi connectivity index (χ2v) is 5.19. The van der Waals surface area contributed by atoms with E-state index in [9.17, 15) is 4.79 Å². The van der Waals surface area contributed by atoms with Gasteiger partial charge in [0.2, 0.25) is 0 Å². The van der Waals surface area contributed by atoms with E-state index >= 15 is 0 Å². The molecule has 2 aliphatic rings. The van der Waals surface area contributed by atoms with Crippen LogP contribution in [0.25, 0.3) is 0 Å². The maximum atomic E-state index is 12.6. The molecule has 0 aromatic carbocycles. The molecule has 0 saturated heterocycles. The summed E-state index contributed by atoms with van der Waals surface area (Å²) in [5.41, 5.74) is 0. The van der Waals surface area contributed by atoms with Gasteiger partial charge >= 0.3 is 0 Å². The first kappa shape index (κ1) is 13.3. The van der Waals surface area contributed by atoms with Crippen molar-refractivity contribution in [3.05, 3.63) is 12.2 Å². The third kappa shape index (κ3) is 1.90. The zero-order valence-corrected chi connectivity index (χ0v) is 11.1. The van der Waals surface area contributed by atoms with Gasteiger partial charge in [0, 0.05) is 26.6 Å². The van der Waals surface area contributed by atoms with Crippen molar-refractivity contribution in [3.8, 4) is 12.3 Å². The van der Waals surface area contributed by atoms with Crippen molar-refractivity contribution in [1.82, 2.24) is 0 Å². The number of methoxy groups -OCH3 is 2. The minimum Gasteiger partial charge on any atom is -0.355 e. The van der Waals surface area contributed by atoms with Gasteiger partial charge in [0.05, 0.1) is 5.92 Å². The van der Waals surface area contributed by atoms with Crippen LogP contribution in [0.5, 0.6) is 0 Å². The van der Waals surface area contributed by atoms with Crippen LogP contribution < -0.4 is 0 Å². The lowest BCUT2D eigenvalue weighted by Gasteiger charge is -2.25. The second kappa shape index (κ2) is 5.26. The standard InChI is InChI=1S/C15H20O3/c1-5-6-10-11-8-7-9(2)12(11)14(16)13(10)15(17-3)18-4/h1,7-13,15H,6H2,2-4H3/t9-,10+,11+,12+,13-/m0/s1. The number of carbonyl (C=O) groups is 1. The predicted octanol–water partition coefficient (Wildman–Crippen LogP) is 1.88. The Labute approximate surface area is 109 Å². The van der Waals surface area contributed by atoms with E-state index in [-0.39, 0.29) is 29.5 Å². The van der Waals surface area contributed by atoms with Gasteiger partial charge in [0.1, 0.15) is 5.78 Å². The van der Waals surface area contributed by atoms with E-state index in [0.717, 1.165) is 0 Å². The average Bonchev–Trinajstić information content (AvgIpc) is 2.85. The lowest BCUT2D eigenvalue weighted by atomic mass is 9.85. The number of Topliss-reactive ketones (excluding diaryl/α,β-unsaturated/α-hetero) is 1. The summed E-state index contributed by atoms with van der Waals surface area (Å²) in [5, 5.41) is 0. The number of ether oxygens (including phenoxy) is 2. The molecular formula is C15H20O3. The summed E-state index contributed by atoms with van der Waals surface area (Å²) in [6, 6.07) is 0. The maximum absolute atomic E-state index is 12.6. The molecule has 3 nitrogen and oxygen atoms in total. The van der Waals surface area contributed by atoms with Gasteiger partial charge in [-0.15, -0.1) is 12.3 Å². The zero-order chi connectivity index (χ0) is 13.3. The molecule has 3 heteroatoms. The van der Waals surface area contributed by atoms with Gasteiger partial charge in [-0.1, -0.05) is 19.1 Å². The lowest BCUT2D eigenvalue weighted by Crippen LogP contribution is -2.34. The Kier molecular flexibility index (Phi) is 3.89. The molecule has 1 fully saturated rings. The van der Waals surface area contributed by atoms with Gasteiger partial charge < -0.3 is 9.47 Å². The highest BCUT2D eigenvalue weighted by Crippen LogP contribution is 2.50. The van der Waals surface area contributed by atoms with E-state index in [1.54, 1.807) is 14.2 Å². The van der Waals surface area contributed by atoms with Crippen LogP contribution in [0.4, 0.5) is 0 Å². The molecule has 18 heavy (non-hydrogen) atoms. The summed E-state index contributed by atoms with van der Waals surface area (Å²) in [4.78, 5) is 12.6. The SMILES string of the molecule is C#CC[C@@H]1[C@H]2C=C[C@H](C)[C@H]2C(=O)[C@H]1C(OC)OC. The van der Waals surface area contributed by atoms with Gasteiger partial charge in [-0.05, 0) is 17.8 Å². The number of terminal acetylenes is 1. The van der Waals surface area contributed by atoms with Gasteiger partial charge in [0.15, 0.2) is 6.29 Å². The fourth-order valence-electron chi connectivity index (χ4n) is 3.55. The third-order valence-electron chi connectivity index (χ3n) is 4.34.